The first-order valence-electron chi connectivity index (χ1n) is 9.84. The van der Waals surface area contributed by atoms with Crippen molar-refractivity contribution in [2.24, 2.45) is 0 Å². The Bertz CT molecular complexity index is 373. The zero-order valence-electron chi connectivity index (χ0n) is 15.6. The van der Waals surface area contributed by atoms with E-state index in [9.17, 15) is 9.59 Å². The summed E-state index contributed by atoms with van der Waals surface area (Å²) in [6.07, 6.45) is 10.3. The van der Waals surface area contributed by atoms with Crippen molar-refractivity contribution in [2.45, 2.75) is 102 Å². The van der Waals surface area contributed by atoms with E-state index in [1.54, 1.807) is 0 Å². The molecule has 24 heavy (non-hydrogen) atoms. The predicted octanol–water partition coefficient (Wildman–Crippen LogP) is 2.59. The normalized spacial score (nSPS) is 30.8. The quantitative estimate of drug-likeness (QED) is 0.783. The monoisotopic (exact) mass is 337 g/mol. The van der Waals surface area contributed by atoms with Gasteiger partial charge in [-0.1, -0.05) is 13.8 Å². The van der Waals surface area contributed by atoms with Crippen molar-refractivity contribution in [1.82, 2.24) is 15.5 Å². The fraction of sp³-hybridized carbons (Fsp3) is 0.895. The average molecular weight is 338 g/mol. The summed E-state index contributed by atoms with van der Waals surface area (Å²) < 4.78 is 0. The number of nitrogens with zero attached hydrogens (tertiary/aromatic N) is 1. The third-order valence-corrected chi connectivity index (χ3v) is 5.92. The van der Waals surface area contributed by atoms with Gasteiger partial charge in [0.05, 0.1) is 0 Å². The minimum atomic E-state index is 0.180. The van der Waals surface area contributed by atoms with Gasteiger partial charge in [-0.2, -0.15) is 0 Å². The van der Waals surface area contributed by atoms with E-state index in [1.165, 1.54) is 25.7 Å². The van der Waals surface area contributed by atoms with E-state index in [1.807, 2.05) is 13.8 Å². The third kappa shape index (κ3) is 5.47. The van der Waals surface area contributed by atoms with Gasteiger partial charge in [0, 0.05) is 37.0 Å². The van der Waals surface area contributed by atoms with Gasteiger partial charge in [0.1, 0.15) is 0 Å². The number of carbonyl (C=O) groups is 2. The maximum Gasteiger partial charge on any atom is 0.219 e. The standard InChI is InChI=1S/C19H35N3O2/c1-4-18(23)20-14-6-10-16(11-7-14)22(3)17-12-8-15(9-13-17)21-19(24)5-2/h14-17H,4-13H2,1-3H3,(H,20,23)(H,21,24). The zero-order valence-corrected chi connectivity index (χ0v) is 15.6. The van der Waals surface area contributed by atoms with Crippen LogP contribution in [0.5, 0.6) is 0 Å². The number of hydrogen-bond acceptors (Lipinski definition) is 3. The van der Waals surface area contributed by atoms with Crippen molar-refractivity contribution in [3.63, 3.8) is 0 Å². The largest absolute Gasteiger partial charge is 0.353 e. The lowest BCUT2D eigenvalue weighted by Gasteiger charge is -2.42. The van der Waals surface area contributed by atoms with E-state index in [2.05, 4.69) is 22.6 Å². The molecule has 0 unspecified atom stereocenters. The topological polar surface area (TPSA) is 61.4 Å². The van der Waals surface area contributed by atoms with Gasteiger partial charge in [-0.05, 0) is 58.4 Å². The molecule has 2 rings (SSSR count). The number of rotatable bonds is 6. The highest BCUT2D eigenvalue weighted by atomic mass is 16.2. The van der Waals surface area contributed by atoms with Crippen molar-refractivity contribution < 1.29 is 9.59 Å². The molecule has 0 aromatic carbocycles. The average Bonchev–Trinajstić information content (AvgIpc) is 2.62. The molecule has 0 saturated heterocycles. The maximum atomic E-state index is 11.5. The molecule has 2 aliphatic rings. The van der Waals surface area contributed by atoms with Gasteiger partial charge < -0.3 is 15.5 Å². The minimum Gasteiger partial charge on any atom is -0.353 e. The number of hydrogen-bond donors (Lipinski definition) is 2. The Morgan fingerprint density at radius 3 is 1.38 bits per heavy atom. The van der Waals surface area contributed by atoms with Crippen LogP contribution in [0.1, 0.15) is 78.1 Å². The van der Waals surface area contributed by atoms with Crippen LogP contribution in [-0.2, 0) is 9.59 Å². The molecular formula is C19H35N3O2. The first-order valence-corrected chi connectivity index (χ1v) is 9.84. The van der Waals surface area contributed by atoms with Crippen LogP contribution in [0.4, 0.5) is 0 Å². The molecule has 0 heterocycles. The summed E-state index contributed by atoms with van der Waals surface area (Å²) in [6.45, 7) is 3.82. The lowest BCUT2D eigenvalue weighted by molar-refractivity contribution is -0.122. The molecule has 0 aliphatic heterocycles. The van der Waals surface area contributed by atoms with Crippen molar-refractivity contribution in [1.29, 1.82) is 0 Å². The summed E-state index contributed by atoms with van der Waals surface area (Å²) >= 11 is 0. The summed E-state index contributed by atoms with van der Waals surface area (Å²) in [4.78, 5) is 25.6. The van der Waals surface area contributed by atoms with Crippen LogP contribution in [-0.4, -0.2) is 47.9 Å². The molecular weight excluding hydrogens is 302 g/mol. The molecule has 0 atom stereocenters. The van der Waals surface area contributed by atoms with Crippen LogP contribution < -0.4 is 10.6 Å². The molecule has 0 aromatic rings. The molecule has 2 fully saturated rings. The first-order chi connectivity index (χ1) is 11.5. The van der Waals surface area contributed by atoms with E-state index in [0.29, 0.717) is 37.0 Å². The molecule has 0 bridgehead atoms. The Kier molecular flexibility index (Phi) is 7.53. The van der Waals surface area contributed by atoms with Gasteiger partial charge in [-0.25, -0.2) is 0 Å². The summed E-state index contributed by atoms with van der Waals surface area (Å²) in [5, 5.41) is 6.28. The first kappa shape index (κ1) is 19.2. The Morgan fingerprint density at radius 1 is 0.750 bits per heavy atom. The smallest absolute Gasteiger partial charge is 0.219 e. The Labute approximate surface area is 146 Å². The van der Waals surface area contributed by atoms with Crippen LogP contribution in [0.15, 0.2) is 0 Å². The molecule has 0 radical (unpaired) electrons. The highest BCUT2D eigenvalue weighted by molar-refractivity contribution is 5.76. The second-order valence-corrected chi connectivity index (χ2v) is 7.52. The zero-order chi connectivity index (χ0) is 17.5. The molecule has 138 valence electrons. The molecule has 2 amide bonds. The van der Waals surface area contributed by atoms with Gasteiger partial charge in [-0.15, -0.1) is 0 Å². The molecule has 0 aromatic heterocycles. The summed E-state index contributed by atoms with van der Waals surface area (Å²) in [5.74, 6) is 0.360. The second-order valence-electron chi connectivity index (χ2n) is 7.52. The molecule has 5 heteroatoms. The second kappa shape index (κ2) is 9.40. The van der Waals surface area contributed by atoms with Gasteiger partial charge in [0.15, 0.2) is 0 Å². The van der Waals surface area contributed by atoms with E-state index in [0.717, 1.165) is 25.7 Å². The van der Waals surface area contributed by atoms with E-state index in [4.69, 9.17) is 0 Å². The molecule has 2 N–H and O–H groups in total. The highest BCUT2D eigenvalue weighted by Crippen LogP contribution is 2.29. The molecule has 0 spiro atoms. The van der Waals surface area contributed by atoms with Crippen LogP contribution in [0.25, 0.3) is 0 Å². The summed E-state index contributed by atoms with van der Waals surface area (Å²) in [6, 6.07) is 2.04. The number of nitrogens with one attached hydrogen (secondary N) is 2. The van der Waals surface area contributed by atoms with Crippen molar-refractivity contribution >= 4 is 11.8 Å². The SMILES string of the molecule is CCC(=O)NC1CCC(N(C)C2CCC(NC(=O)CC)CC2)CC1. The summed E-state index contributed by atoms with van der Waals surface area (Å²) in [5.41, 5.74) is 0. The van der Waals surface area contributed by atoms with Crippen LogP contribution in [0.3, 0.4) is 0 Å². The lowest BCUT2D eigenvalue weighted by atomic mass is 9.85. The van der Waals surface area contributed by atoms with Gasteiger partial charge in [0.2, 0.25) is 11.8 Å². The fourth-order valence-corrected chi connectivity index (χ4v) is 4.21. The van der Waals surface area contributed by atoms with Gasteiger partial charge in [-0.3, -0.25) is 9.59 Å². The minimum absolute atomic E-state index is 0.180. The van der Waals surface area contributed by atoms with Gasteiger partial charge in [0.25, 0.3) is 0 Å². The van der Waals surface area contributed by atoms with Crippen LogP contribution in [0, 0.1) is 0 Å². The van der Waals surface area contributed by atoms with Crippen LogP contribution >= 0.6 is 0 Å². The molecule has 2 saturated carbocycles. The van der Waals surface area contributed by atoms with E-state index >= 15 is 0 Å². The molecule has 2 aliphatic carbocycles. The van der Waals surface area contributed by atoms with Crippen molar-refractivity contribution in [2.75, 3.05) is 7.05 Å². The Hall–Kier alpha value is -1.10. The van der Waals surface area contributed by atoms with Crippen LogP contribution in [0.2, 0.25) is 0 Å². The van der Waals surface area contributed by atoms with Crippen molar-refractivity contribution in [3.8, 4) is 0 Å². The lowest BCUT2D eigenvalue weighted by Crippen LogP contribution is -2.48. The van der Waals surface area contributed by atoms with E-state index < -0.39 is 0 Å². The Morgan fingerprint density at radius 2 is 1.08 bits per heavy atom. The number of amides is 2. The predicted molar refractivity (Wildman–Crippen MR) is 96.7 cm³/mol. The van der Waals surface area contributed by atoms with Crippen molar-refractivity contribution in [3.05, 3.63) is 0 Å². The highest BCUT2D eigenvalue weighted by Gasteiger charge is 2.31. The van der Waals surface area contributed by atoms with Gasteiger partial charge >= 0.3 is 0 Å². The number of carbonyl (C=O) groups excluding carboxylic acids is 2. The fourth-order valence-electron chi connectivity index (χ4n) is 4.21. The summed E-state index contributed by atoms with van der Waals surface area (Å²) in [7, 11) is 2.27. The van der Waals surface area contributed by atoms with E-state index in [-0.39, 0.29) is 11.8 Å². The maximum absolute atomic E-state index is 11.5. The Balaban J connectivity index is 1.71. The third-order valence-electron chi connectivity index (χ3n) is 5.92. The molecule has 5 nitrogen and oxygen atoms in total.